The van der Waals surface area contributed by atoms with Gasteiger partial charge in [-0.3, -0.25) is 0 Å². The number of rotatable bonds is 6. The molecule has 0 unspecified atom stereocenters. The van der Waals surface area contributed by atoms with E-state index in [1.165, 1.54) is 0 Å². The summed E-state index contributed by atoms with van der Waals surface area (Å²) in [5.74, 6) is -0.932. The van der Waals surface area contributed by atoms with Crippen LogP contribution in [0, 0.1) is 13.8 Å². The molecule has 1 aromatic rings. The van der Waals surface area contributed by atoms with Crippen molar-refractivity contribution in [2.24, 2.45) is 0 Å². The summed E-state index contributed by atoms with van der Waals surface area (Å²) in [6, 6.07) is 1.10. The molecule has 1 rings (SSSR count). The molecule has 102 valence electrons. The number of ether oxygens (including phenoxy) is 1. The van der Waals surface area contributed by atoms with Crippen LogP contribution in [-0.2, 0) is 11.5 Å². The van der Waals surface area contributed by atoms with E-state index in [4.69, 9.17) is 9.84 Å². The molecule has 0 aliphatic rings. The molecule has 5 nitrogen and oxygen atoms in total. The van der Waals surface area contributed by atoms with E-state index in [2.05, 4.69) is 24.7 Å². The zero-order chi connectivity index (χ0) is 13.9. The van der Waals surface area contributed by atoms with Crippen LogP contribution in [0.15, 0.2) is 0 Å². The summed E-state index contributed by atoms with van der Waals surface area (Å²) in [5, 5.41) is 13.2. The predicted molar refractivity (Wildman–Crippen MR) is 72.8 cm³/mol. The summed E-state index contributed by atoms with van der Waals surface area (Å²) in [5.41, 5.74) is 1.46. The lowest BCUT2D eigenvalue weighted by Gasteiger charge is -2.15. The Balaban J connectivity index is 2.59. The molecule has 0 radical (unpaired) electrons. The molecular weight excluding hydrogens is 248 g/mol. The Morgan fingerprint density at radius 1 is 1.39 bits per heavy atom. The van der Waals surface area contributed by atoms with Crippen molar-refractivity contribution < 1.29 is 14.6 Å². The third-order valence-corrected chi connectivity index (χ3v) is 4.51. The second kappa shape index (κ2) is 5.66. The van der Waals surface area contributed by atoms with Crippen LogP contribution in [0.1, 0.15) is 21.7 Å². The van der Waals surface area contributed by atoms with E-state index in [0.29, 0.717) is 24.7 Å². The first-order valence-corrected chi connectivity index (χ1v) is 9.78. The lowest BCUT2D eigenvalue weighted by Crippen LogP contribution is -2.22. The molecule has 1 N–H and O–H groups in total. The molecule has 1 aromatic heterocycles. The number of aromatic carboxylic acids is 1. The van der Waals surface area contributed by atoms with E-state index in [0.717, 1.165) is 6.04 Å². The van der Waals surface area contributed by atoms with Gasteiger partial charge >= 0.3 is 5.97 Å². The molecular formula is C12H22N2O3Si. The average Bonchev–Trinajstić information content (AvgIpc) is 2.47. The zero-order valence-corrected chi connectivity index (χ0v) is 12.8. The fourth-order valence-electron chi connectivity index (χ4n) is 1.66. The van der Waals surface area contributed by atoms with Crippen LogP contribution in [0.3, 0.4) is 0 Å². The number of aryl methyl sites for hydroxylation is 1. The van der Waals surface area contributed by atoms with Gasteiger partial charge in [0.2, 0.25) is 0 Å². The Morgan fingerprint density at radius 3 is 2.44 bits per heavy atom. The number of hydrogen-bond acceptors (Lipinski definition) is 3. The highest BCUT2D eigenvalue weighted by atomic mass is 28.3. The molecule has 0 spiro atoms. The number of hydrogen-bond donors (Lipinski definition) is 1. The van der Waals surface area contributed by atoms with E-state index in [1.807, 2.05) is 0 Å². The van der Waals surface area contributed by atoms with Gasteiger partial charge in [0.25, 0.3) is 0 Å². The monoisotopic (exact) mass is 270 g/mol. The second-order valence-electron chi connectivity index (χ2n) is 5.70. The van der Waals surface area contributed by atoms with E-state index < -0.39 is 14.0 Å². The summed E-state index contributed by atoms with van der Waals surface area (Å²) in [6.45, 7) is 11.4. The number of nitrogens with zero attached hydrogens (tertiary/aromatic N) is 2. The number of aromatic nitrogens is 2. The van der Waals surface area contributed by atoms with Crippen LogP contribution in [0.2, 0.25) is 25.7 Å². The maximum Gasteiger partial charge on any atom is 0.339 e. The Kier molecular flexibility index (Phi) is 4.69. The molecule has 18 heavy (non-hydrogen) atoms. The Bertz CT molecular complexity index is 435. The van der Waals surface area contributed by atoms with Crippen LogP contribution in [-0.4, -0.2) is 35.5 Å². The van der Waals surface area contributed by atoms with Crippen molar-refractivity contribution in [1.29, 1.82) is 0 Å². The molecule has 0 aliphatic carbocycles. The third-order valence-electron chi connectivity index (χ3n) is 2.81. The minimum Gasteiger partial charge on any atom is -0.478 e. The van der Waals surface area contributed by atoms with Gasteiger partial charge in [-0.15, -0.1) is 0 Å². The van der Waals surface area contributed by atoms with Gasteiger partial charge in [0, 0.05) is 14.7 Å². The first kappa shape index (κ1) is 14.9. The SMILES string of the molecule is Cc1nn(COCC[Si](C)(C)C)c(C)c1C(=O)O. The summed E-state index contributed by atoms with van der Waals surface area (Å²) < 4.78 is 7.18. The van der Waals surface area contributed by atoms with Crippen LogP contribution in [0.5, 0.6) is 0 Å². The van der Waals surface area contributed by atoms with Gasteiger partial charge in [-0.1, -0.05) is 19.6 Å². The van der Waals surface area contributed by atoms with Crippen molar-refractivity contribution in [3.05, 3.63) is 17.0 Å². The smallest absolute Gasteiger partial charge is 0.339 e. The minimum atomic E-state index is -1.08. The summed E-state index contributed by atoms with van der Waals surface area (Å²) in [6.07, 6.45) is 0. The van der Waals surface area contributed by atoms with E-state index in [9.17, 15) is 4.79 Å². The quantitative estimate of drug-likeness (QED) is 0.637. The highest BCUT2D eigenvalue weighted by molar-refractivity contribution is 6.76. The molecule has 6 heteroatoms. The Labute approximate surface area is 109 Å². The number of carboxylic acids is 1. The van der Waals surface area contributed by atoms with Crippen molar-refractivity contribution in [1.82, 2.24) is 9.78 Å². The molecule has 0 saturated heterocycles. The molecule has 0 saturated carbocycles. The molecule has 0 amide bonds. The maximum absolute atomic E-state index is 11.0. The Morgan fingerprint density at radius 2 is 2.00 bits per heavy atom. The van der Waals surface area contributed by atoms with Crippen LogP contribution >= 0.6 is 0 Å². The lowest BCUT2D eigenvalue weighted by atomic mass is 10.2. The van der Waals surface area contributed by atoms with E-state index in [-0.39, 0.29) is 5.56 Å². The van der Waals surface area contributed by atoms with E-state index in [1.54, 1.807) is 18.5 Å². The van der Waals surface area contributed by atoms with Crippen molar-refractivity contribution in [3.63, 3.8) is 0 Å². The van der Waals surface area contributed by atoms with Gasteiger partial charge in [0.15, 0.2) is 0 Å². The summed E-state index contributed by atoms with van der Waals surface area (Å²) in [7, 11) is -1.08. The van der Waals surface area contributed by atoms with Crippen molar-refractivity contribution >= 4 is 14.0 Å². The molecule has 0 aromatic carbocycles. The normalized spacial score (nSPS) is 11.8. The fourth-order valence-corrected chi connectivity index (χ4v) is 2.42. The van der Waals surface area contributed by atoms with Gasteiger partial charge in [-0.2, -0.15) is 5.10 Å². The van der Waals surface area contributed by atoms with Crippen LogP contribution in [0.4, 0.5) is 0 Å². The van der Waals surface area contributed by atoms with Crippen molar-refractivity contribution in [2.75, 3.05) is 6.61 Å². The largest absolute Gasteiger partial charge is 0.478 e. The first-order valence-electron chi connectivity index (χ1n) is 6.07. The standard InChI is InChI=1S/C12H22N2O3Si/c1-9-11(12(15)16)10(2)14(13-9)8-17-6-7-18(3,4)5/h6-8H2,1-5H3,(H,15,16). The number of carboxylic acid groups (broad SMARTS) is 1. The molecule has 0 fully saturated rings. The third kappa shape index (κ3) is 3.96. The molecule has 0 atom stereocenters. The fraction of sp³-hybridized carbons (Fsp3) is 0.667. The minimum absolute atomic E-state index is 0.281. The summed E-state index contributed by atoms with van der Waals surface area (Å²) in [4.78, 5) is 11.0. The van der Waals surface area contributed by atoms with Crippen molar-refractivity contribution in [2.45, 2.75) is 46.3 Å². The second-order valence-corrected chi connectivity index (χ2v) is 11.3. The topological polar surface area (TPSA) is 64.4 Å². The Hall–Kier alpha value is -1.14. The lowest BCUT2D eigenvalue weighted by molar-refractivity contribution is 0.0690. The highest BCUT2D eigenvalue weighted by Crippen LogP contribution is 2.13. The van der Waals surface area contributed by atoms with Crippen LogP contribution in [0.25, 0.3) is 0 Å². The van der Waals surface area contributed by atoms with Gasteiger partial charge in [0.05, 0.1) is 11.4 Å². The van der Waals surface area contributed by atoms with Gasteiger partial charge in [-0.25, -0.2) is 9.48 Å². The first-order chi connectivity index (χ1) is 8.22. The average molecular weight is 270 g/mol. The van der Waals surface area contributed by atoms with Gasteiger partial charge in [-0.05, 0) is 19.9 Å². The zero-order valence-electron chi connectivity index (χ0n) is 11.8. The molecule has 0 aliphatic heterocycles. The molecule has 1 heterocycles. The predicted octanol–water partition coefficient (Wildman–Crippen LogP) is 2.51. The van der Waals surface area contributed by atoms with Crippen LogP contribution < -0.4 is 0 Å². The highest BCUT2D eigenvalue weighted by Gasteiger charge is 2.18. The molecule has 0 bridgehead atoms. The van der Waals surface area contributed by atoms with Crippen molar-refractivity contribution in [3.8, 4) is 0 Å². The van der Waals surface area contributed by atoms with E-state index >= 15 is 0 Å². The maximum atomic E-state index is 11.0. The summed E-state index contributed by atoms with van der Waals surface area (Å²) >= 11 is 0. The van der Waals surface area contributed by atoms with Gasteiger partial charge in [0.1, 0.15) is 12.3 Å². The number of carbonyl (C=O) groups is 1. The van der Waals surface area contributed by atoms with Gasteiger partial charge < -0.3 is 9.84 Å².